The van der Waals surface area contributed by atoms with Crippen molar-refractivity contribution in [2.45, 2.75) is 58.5 Å². The van der Waals surface area contributed by atoms with Crippen LogP contribution < -0.4 is 10.1 Å². The molecule has 0 aliphatic carbocycles. The number of benzene rings is 1. The van der Waals surface area contributed by atoms with E-state index < -0.39 is 5.79 Å². The average Bonchev–Trinajstić information content (AvgIpc) is 2.55. The zero-order chi connectivity index (χ0) is 17.2. The first-order chi connectivity index (χ1) is 11.4. The Morgan fingerprint density at radius 2 is 2.04 bits per heavy atom. The molecule has 3 rings (SSSR count). The highest BCUT2D eigenvalue weighted by atomic mass is 16.7. The van der Waals surface area contributed by atoms with E-state index in [1.54, 1.807) is 0 Å². The van der Waals surface area contributed by atoms with Crippen molar-refractivity contribution in [1.82, 2.24) is 10.2 Å². The zero-order valence-electron chi connectivity index (χ0n) is 15.6. The Labute approximate surface area is 146 Å². The quantitative estimate of drug-likeness (QED) is 0.891. The maximum atomic E-state index is 5.88. The SMILES string of the molecule is CC(NCCC1CCN(C)CC1)c1ccc2c(c1)COC(C)(C)O2. The third kappa shape index (κ3) is 4.50. The minimum Gasteiger partial charge on any atom is -0.463 e. The van der Waals surface area contributed by atoms with Gasteiger partial charge >= 0.3 is 0 Å². The number of likely N-dealkylation sites (tertiary alicyclic amines) is 1. The number of ether oxygens (including phenoxy) is 2. The summed E-state index contributed by atoms with van der Waals surface area (Å²) in [5, 5.41) is 3.69. The van der Waals surface area contributed by atoms with Crippen LogP contribution >= 0.6 is 0 Å². The molecule has 2 aliphatic rings. The lowest BCUT2D eigenvalue weighted by molar-refractivity contribution is -0.180. The number of piperidine rings is 1. The van der Waals surface area contributed by atoms with Gasteiger partial charge in [-0.1, -0.05) is 6.07 Å². The maximum Gasteiger partial charge on any atom is 0.205 e. The van der Waals surface area contributed by atoms with Crippen LogP contribution in [0, 0.1) is 5.92 Å². The van der Waals surface area contributed by atoms with Crippen molar-refractivity contribution >= 4 is 0 Å². The fraction of sp³-hybridized carbons (Fsp3) is 0.700. The normalized spacial score (nSPS) is 22.7. The number of hydrogen-bond donors (Lipinski definition) is 1. The smallest absolute Gasteiger partial charge is 0.205 e. The summed E-state index contributed by atoms with van der Waals surface area (Å²) in [4.78, 5) is 2.44. The summed E-state index contributed by atoms with van der Waals surface area (Å²) in [6, 6.07) is 6.84. The van der Waals surface area contributed by atoms with Crippen molar-refractivity contribution in [1.29, 1.82) is 0 Å². The molecule has 0 spiro atoms. The molecule has 24 heavy (non-hydrogen) atoms. The summed E-state index contributed by atoms with van der Waals surface area (Å²) in [5.41, 5.74) is 2.46. The molecule has 0 saturated carbocycles. The molecule has 1 fully saturated rings. The van der Waals surface area contributed by atoms with Crippen LogP contribution in [0.5, 0.6) is 5.75 Å². The van der Waals surface area contributed by atoms with E-state index in [4.69, 9.17) is 9.47 Å². The van der Waals surface area contributed by atoms with E-state index in [-0.39, 0.29) is 0 Å². The van der Waals surface area contributed by atoms with Gasteiger partial charge in [0.05, 0.1) is 6.61 Å². The third-order valence-electron chi connectivity index (χ3n) is 5.36. The van der Waals surface area contributed by atoms with Gasteiger partial charge in [0.25, 0.3) is 0 Å². The molecule has 1 atom stereocenters. The number of fused-ring (bicyclic) bond motifs is 1. The second-order valence-electron chi connectivity index (χ2n) is 7.87. The van der Waals surface area contributed by atoms with Gasteiger partial charge in [-0.15, -0.1) is 0 Å². The van der Waals surface area contributed by atoms with Crippen molar-refractivity contribution in [3.8, 4) is 5.75 Å². The molecular formula is C20H32N2O2. The van der Waals surface area contributed by atoms with Crippen LogP contribution in [0.15, 0.2) is 18.2 Å². The molecule has 0 amide bonds. The van der Waals surface area contributed by atoms with Crippen molar-refractivity contribution < 1.29 is 9.47 Å². The lowest BCUT2D eigenvalue weighted by Gasteiger charge is -2.33. The van der Waals surface area contributed by atoms with Gasteiger partial charge in [-0.25, -0.2) is 0 Å². The largest absolute Gasteiger partial charge is 0.463 e. The Hall–Kier alpha value is -1.10. The molecule has 4 heteroatoms. The Morgan fingerprint density at radius 3 is 2.79 bits per heavy atom. The second kappa shape index (κ2) is 7.42. The fourth-order valence-corrected chi connectivity index (χ4v) is 3.60. The highest BCUT2D eigenvalue weighted by Crippen LogP contribution is 2.32. The van der Waals surface area contributed by atoms with Gasteiger partial charge in [-0.3, -0.25) is 0 Å². The van der Waals surface area contributed by atoms with Gasteiger partial charge in [0, 0.05) is 25.5 Å². The monoisotopic (exact) mass is 332 g/mol. The summed E-state index contributed by atoms with van der Waals surface area (Å²) >= 11 is 0. The number of nitrogens with one attached hydrogen (secondary N) is 1. The molecular weight excluding hydrogens is 300 g/mol. The minimum absolute atomic E-state index is 0.358. The molecule has 0 bridgehead atoms. The van der Waals surface area contributed by atoms with Gasteiger partial charge in [0.15, 0.2) is 0 Å². The predicted molar refractivity (Wildman–Crippen MR) is 97.2 cm³/mol. The molecule has 1 aromatic carbocycles. The van der Waals surface area contributed by atoms with Gasteiger partial charge in [-0.2, -0.15) is 0 Å². The Morgan fingerprint density at radius 1 is 1.29 bits per heavy atom. The van der Waals surface area contributed by atoms with Gasteiger partial charge < -0.3 is 19.7 Å². The van der Waals surface area contributed by atoms with Crippen LogP contribution in [0.25, 0.3) is 0 Å². The number of rotatable bonds is 5. The lowest BCUT2D eigenvalue weighted by Crippen LogP contribution is -2.35. The van der Waals surface area contributed by atoms with E-state index in [1.165, 1.54) is 37.9 Å². The highest BCUT2D eigenvalue weighted by Gasteiger charge is 2.27. The van der Waals surface area contributed by atoms with E-state index in [0.717, 1.165) is 23.8 Å². The van der Waals surface area contributed by atoms with Gasteiger partial charge in [0.1, 0.15) is 5.75 Å². The standard InChI is InChI=1S/C20H32N2O2/c1-15(21-10-7-16-8-11-22(4)12-9-16)17-5-6-19-18(13-17)14-23-20(2,3)24-19/h5-6,13,15-16,21H,7-12,14H2,1-4H3. The van der Waals surface area contributed by atoms with E-state index >= 15 is 0 Å². The van der Waals surface area contributed by atoms with E-state index in [1.807, 2.05) is 13.8 Å². The molecule has 1 unspecified atom stereocenters. The van der Waals surface area contributed by atoms with Gasteiger partial charge in [0.2, 0.25) is 5.79 Å². The zero-order valence-corrected chi connectivity index (χ0v) is 15.6. The Balaban J connectivity index is 1.49. The molecule has 0 aromatic heterocycles. The van der Waals surface area contributed by atoms with Gasteiger partial charge in [-0.05, 0) is 76.5 Å². The van der Waals surface area contributed by atoms with Crippen LogP contribution in [0.1, 0.15) is 57.2 Å². The first kappa shape index (κ1) is 17.7. The summed E-state index contributed by atoms with van der Waals surface area (Å²) in [5.74, 6) is 1.31. The van der Waals surface area contributed by atoms with E-state index in [2.05, 4.69) is 42.4 Å². The first-order valence-electron chi connectivity index (χ1n) is 9.31. The second-order valence-corrected chi connectivity index (χ2v) is 7.87. The predicted octanol–water partition coefficient (Wildman–Crippen LogP) is 3.71. The van der Waals surface area contributed by atoms with E-state index in [9.17, 15) is 0 Å². The van der Waals surface area contributed by atoms with Crippen LogP contribution in [0.3, 0.4) is 0 Å². The first-order valence-corrected chi connectivity index (χ1v) is 9.31. The summed E-state index contributed by atoms with van der Waals surface area (Å²) in [7, 11) is 2.22. The number of nitrogens with zero attached hydrogens (tertiary/aromatic N) is 1. The van der Waals surface area contributed by atoms with Crippen LogP contribution in [0.4, 0.5) is 0 Å². The van der Waals surface area contributed by atoms with E-state index in [0.29, 0.717) is 12.6 Å². The average molecular weight is 332 g/mol. The Bertz CT molecular complexity index is 551. The summed E-state index contributed by atoms with van der Waals surface area (Å²) < 4.78 is 11.6. The molecule has 1 aromatic rings. The van der Waals surface area contributed by atoms with Crippen molar-refractivity contribution in [2.75, 3.05) is 26.7 Å². The topological polar surface area (TPSA) is 33.7 Å². The van der Waals surface area contributed by atoms with Crippen LogP contribution in [-0.4, -0.2) is 37.4 Å². The number of hydrogen-bond acceptors (Lipinski definition) is 4. The molecule has 1 N–H and O–H groups in total. The van der Waals surface area contributed by atoms with Crippen LogP contribution in [-0.2, 0) is 11.3 Å². The van der Waals surface area contributed by atoms with Crippen LogP contribution in [0.2, 0.25) is 0 Å². The molecule has 2 heterocycles. The van der Waals surface area contributed by atoms with Crippen molar-refractivity contribution in [2.24, 2.45) is 5.92 Å². The molecule has 1 saturated heterocycles. The molecule has 2 aliphatic heterocycles. The molecule has 0 radical (unpaired) electrons. The lowest BCUT2D eigenvalue weighted by atomic mass is 9.93. The van der Waals surface area contributed by atoms with Crippen molar-refractivity contribution in [3.63, 3.8) is 0 Å². The Kier molecular flexibility index (Phi) is 5.48. The molecule has 134 valence electrons. The maximum absolute atomic E-state index is 5.88. The summed E-state index contributed by atoms with van der Waals surface area (Å²) in [6.45, 7) is 10.4. The van der Waals surface area contributed by atoms with Crippen molar-refractivity contribution in [3.05, 3.63) is 29.3 Å². The highest BCUT2D eigenvalue weighted by molar-refractivity contribution is 5.39. The third-order valence-corrected chi connectivity index (χ3v) is 5.36. The minimum atomic E-state index is -0.521. The fourth-order valence-electron chi connectivity index (χ4n) is 3.60. The molecule has 4 nitrogen and oxygen atoms in total. The summed E-state index contributed by atoms with van der Waals surface area (Å²) in [6.07, 6.45) is 3.97.